The molecule has 0 bridgehead atoms. The van der Waals surface area contributed by atoms with Crippen molar-refractivity contribution in [3.63, 3.8) is 0 Å². The van der Waals surface area contributed by atoms with E-state index < -0.39 is 0 Å². The molecule has 0 aromatic carbocycles. The predicted molar refractivity (Wildman–Crippen MR) is 34.3 cm³/mol. The largest absolute Gasteiger partial charge is 0.257 e. The molecule has 0 aliphatic rings. The smallest absolute Gasteiger partial charge is 0.0623 e. The monoisotopic (exact) mass is 163 g/mol. The zero-order valence-corrected chi connectivity index (χ0v) is 5.84. The predicted octanol–water partition coefficient (Wildman–Crippen LogP) is 1.72. The molecule has 0 unspecified atom stereocenters. The molecule has 0 atom stereocenters. The molecule has 0 aliphatic carbocycles. The summed E-state index contributed by atoms with van der Waals surface area (Å²) < 4.78 is 0. The molecule has 1 aromatic heterocycles. The van der Waals surface area contributed by atoms with Gasteiger partial charge in [0.2, 0.25) is 0 Å². The quantitative estimate of drug-likeness (QED) is 0.575. The normalized spacial score (nSPS) is 7.56. The molecule has 0 fully saturated rings. The number of nitrogens with zero attached hydrogens (tertiary/aromatic N) is 1. The molecule has 0 radical (unpaired) electrons. The second kappa shape index (κ2) is 4.28. The van der Waals surface area contributed by atoms with Crippen molar-refractivity contribution in [3.05, 3.63) is 36.7 Å². The first-order valence-corrected chi connectivity index (χ1v) is 2.47. The first kappa shape index (κ1) is 8.38. The van der Waals surface area contributed by atoms with Crippen LogP contribution in [-0.2, 0) is 16.5 Å². The van der Waals surface area contributed by atoms with Gasteiger partial charge in [-0.15, -0.1) is 0 Å². The van der Waals surface area contributed by atoms with Gasteiger partial charge in [0.05, 0.1) is 5.69 Å². The first-order chi connectivity index (χ1) is 3.93. The molecule has 1 rings (SSSR count). The SMILES string of the molecule is C=Cc1ccccn1.[Ni]. The van der Waals surface area contributed by atoms with E-state index in [0.29, 0.717) is 0 Å². The fourth-order valence-corrected chi connectivity index (χ4v) is 0.497. The van der Waals surface area contributed by atoms with Crippen molar-refractivity contribution in [2.24, 2.45) is 0 Å². The van der Waals surface area contributed by atoms with Crippen LogP contribution in [0.15, 0.2) is 31.0 Å². The van der Waals surface area contributed by atoms with E-state index in [4.69, 9.17) is 0 Å². The minimum absolute atomic E-state index is 0. The second-order valence-electron chi connectivity index (χ2n) is 1.46. The van der Waals surface area contributed by atoms with Gasteiger partial charge < -0.3 is 0 Å². The molecule has 0 N–H and O–H groups in total. The molecule has 0 amide bonds. The molecular formula is C7H7NNi. The fourth-order valence-electron chi connectivity index (χ4n) is 0.497. The third kappa shape index (κ3) is 2.43. The summed E-state index contributed by atoms with van der Waals surface area (Å²) in [7, 11) is 0. The van der Waals surface area contributed by atoms with Crippen molar-refractivity contribution >= 4 is 6.08 Å². The molecule has 1 heterocycles. The van der Waals surface area contributed by atoms with Gasteiger partial charge in [0.25, 0.3) is 0 Å². The molecule has 0 saturated heterocycles. The summed E-state index contributed by atoms with van der Waals surface area (Å²) in [4.78, 5) is 3.98. The molecular weight excluding hydrogens is 157 g/mol. The van der Waals surface area contributed by atoms with E-state index in [1.54, 1.807) is 12.3 Å². The van der Waals surface area contributed by atoms with Gasteiger partial charge in [-0.25, -0.2) is 0 Å². The van der Waals surface area contributed by atoms with E-state index in [9.17, 15) is 0 Å². The Kier molecular flexibility index (Phi) is 3.99. The maximum atomic E-state index is 3.98. The maximum absolute atomic E-state index is 3.98. The minimum atomic E-state index is 0. The Morgan fingerprint density at radius 3 is 2.56 bits per heavy atom. The third-order valence-corrected chi connectivity index (χ3v) is 0.897. The van der Waals surface area contributed by atoms with Crippen LogP contribution < -0.4 is 0 Å². The van der Waals surface area contributed by atoms with Crippen molar-refractivity contribution < 1.29 is 16.5 Å². The van der Waals surface area contributed by atoms with Crippen molar-refractivity contribution in [1.82, 2.24) is 4.98 Å². The Hall–Kier alpha value is -0.616. The molecule has 1 nitrogen and oxygen atoms in total. The fraction of sp³-hybridized carbons (Fsp3) is 0. The first-order valence-electron chi connectivity index (χ1n) is 2.47. The Morgan fingerprint density at radius 1 is 1.44 bits per heavy atom. The molecule has 1 aromatic rings. The number of rotatable bonds is 1. The van der Waals surface area contributed by atoms with E-state index >= 15 is 0 Å². The summed E-state index contributed by atoms with van der Waals surface area (Å²) in [6.45, 7) is 3.57. The molecule has 0 saturated carbocycles. The zero-order chi connectivity index (χ0) is 5.82. The van der Waals surface area contributed by atoms with Crippen LogP contribution in [-0.4, -0.2) is 4.98 Å². The Balaban J connectivity index is 0.000000640. The van der Waals surface area contributed by atoms with Crippen LogP contribution >= 0.6 is 0 Å². The third-order valence-electron chi connectivity index (χ3n) is 0.897. The summed E-state index contributed by atoms with van der Waals surface area (Å²) in [5.41, 5.74) is 0.924. The average molecular weight is 164 g/mol. The minimum Gasteiger partial charge on any atom is -0.257 e. The summed E-state index contributed by atoms with van der Waals surface area (Å²) in [6, 6.07) is 5.73. The number of hydrogen-bond acceptors (Lipinski definition) is 1. The van der Waals surface area contributed by atoms with Crippen LogP contribution in [0, 0.1) is 0 Å². The van der Waals surface area contributed by atoms with E-state index in [2.05, 4.69) is 11.6 Å². The van der Waals surface area contributed by atoms with Crippen molar-refractivity contribution in [2.75, 3.05) is 0 Å². The van der Waals surface area contributed by atoms with Crippen LogP contribution in [0.1, 0.15) is 5.69 Å². The Bertz CT molecular complexity index is 172. The summed E-state index contributed by atoms with van der Waals surface area (Å²) >= 11 is 0. The van der Waals surface area contributed by atoms with Crippen LogP contribution in [0.3, 0.4) is 0 Å². The van der Waals surface area contributed by atoms with Gasteiger partial charge in [0.15, 0.2) is 0 Å². The van der Waals surface area contributed by atoms with Gasteiger partial charge in [-0.05, 0) is 18.2 Å². The topological polar surface area (TPSA) is 12.9 Å². The van der Waals surface area contributed by atoms with Crippen LogP contribution in [0.5, 0.6) is 0 Å². The number of hydrogen-bond donors (Lipinski definition) is 0. The number of pyridine rings is 1. The van der Waals surface area contributed by atoms with Gasteiger partial charge in [-0.2, -0.15) is 0 Å². The van der Waals surface area contributed by atoms with E-state index in [0.717, 1.165) is 5.69 Å². The van der Waals surface area contributed by atoms with Crippen LogP contribution in [0.2, 0.25) is 0 Å². The van der Waals surface area contributed by atoms with Gasteiger partial charge in [-0.1, -0.05) is 12.6 Å². The average Bonchev–Trinajstić information content (AvgIpc) is 1.90. The van der Waals surface area contributed by atoms with Gasteiger partial charge >= 0.3 is 0 Å². The summed E-state index contributed by atoms with van der Waals surface area (Å²) in [5, 5.41) is 0. The second-order valence-corrected chi connectivity index (χ2v) is 1.46. The van der Waals surface area contributed by atoms with Gasteiger partial charge in [0.1, 0.15) is 0 Å². The van der Waals surface area contributed by atoms with E-state index in [-0.39, 0.29) is 16.5 Å². The standard InChI is InChI=1S/C7H7N.Ni/c1-2-7-5-3-4-6-8-7;/h2-6H,1H2;. The van der Waals surface area contributed by atoms with Crippen molar-refractivity contribution in [2.45, 2.75) is 0 Å². The molecule has 2 heteroatoms. The molecule has 0 aliphatic heterocycles. The molecule has 0 spiro atoms. The van der Waals surface area contributed by atoms with Gasteiger partial charge in [0, 0.05) is 22.7 Å². The van der Waals surface area contributed by atoms with Gasteiger partial charge in [-0.3, -0.25) is 4.98 Å². The molecule has 50 valence electrons. The number of aromatic nitrogens is 1. The summed E-state index contributed by atoms with van der Waals surface area (Å²) in [5.74, 6) is 0. The Morgan fingerprint density at radius 2 is 2.22 bits per heavy atom. The molecule has 9 heavy (non-hydrogen) atoms. The van der Waals surface area contributed by atoms with E-state index in [1.807, 2.05) is 18.2 Å². The summed E-state index contributed by atoms with van der Waals surface area (Å²) in [6.07, 6.45) is 3.47. The van der Waals surface area contributed by atoms with E-state index in [1.165, 1.54) is 0 Å². The van der Waals surface area contributed by atoms with Crippen LogP contribution in [0.4, 0.5) is 0 Å². The van der Waals surface area contributed by atoms with Crippen molar-refractivity contribution in [1.29, 1.82) is 0 Å². The maximum Gasteiger partial charge on any atom is 0.0623 e. The zero-order valence-electron chi connectivity index (χ0n) is 4.86. The Labute approximate surface area is 64.7 Å². The van der Waals surface area contributed by atoms with Crippen LogP contribution in [0.25, 0.3) is 6.08 Å². The van der Waals surface area contributed by atoms with Crippen molar-refractivity contribution in [3.8, 4) is 0 Å².